The maximum Gasteiger partial charge on any atom is 0.310 e. The molecule has 1 saturated heterocycles. The van der Waals surface area contributed by atoms with Crippen molar-refractivity contribution in [3.05, 3.63) is 59.7 Å². The van der Waals surface area contributed by atoms with Gasteiger partial charge in [-0.1, -0.05) is 55.5 Å². The first-order valence-electron chi connectivity index (χ1n) is 10.5. The fourth-order valence-corrected chi connectivity index (χ4v) is 5.12. The maximum atomic E-state index is 12.1. The van der Waals surface area contributed by atoms with Crippen LogP contribution in [0.25, 0.3) is 11.1 Å². The second-order valence-electron chi connectivity index (χ2n) is 7.72. The Labute approximate surface area is 178 Å². The highest BCUT2D eigenvalue weighted by Crippen LogP contribution is 2.34. The van der Waals surface area contributed by atoms with Gasteiger partial charge >= 0.3 is 5.97 Å². The fourth-order valence-electron chi connectivity index (χ4n) is 4.21. The van der Waals surface area contributed by atoms with Gasteiger partial charge in [-0.15, -0.1) is 0 Å². The van der Waals surface area contributed by atoms with Crippen LogP contribution in [0.1, 0.15) is 43.7 Å². The highest BCUT2D eigenvalue weighted by molar-refractivity contribution is 7.89. The highest BCUT2D eigenvalue weighted by Gasteiger charge is 2.31. The molecule has 0 bridgehead atoms. The van der Waals surface area contributed by atoms with Crippen LogP contribution in [0, 0.1) is 0 Å². The lowest BCUT2D eigenvalue weighted by Gasteiger charge is -2.23. The molecule has 1 heterocycles. The number of rotatable bonds is 9. The van der Waals surface area contributed by atoms with Crippen molar-refractivity contribution in [2.75, 3.05) is 12.3 Å². The predicted molar refractivity (Wildman–Crippen MR) is 119 cm³/mol. The normalized spacial score (nSPS) is 20.2. The van der Waals surface area contributed by atoms with Crippen LogP contribution in [0.4, 0.5) is 0 Å². The second-order valence-corrected chi connectivity index (χ2v) is 9.77. The molecule has 162 valence electrons. The molecule has 1 fully saturated rings. The van der Waals surface area contributed by atoms with Gasteiger partial charge in [0, 0.05) is 12.1 Å². The number of sulfonamides is 1. The number of nitrogens with one attached hydrogen (secondary N) is 2. The summed E-state index contributed by atoms with van der Waals surface area (Å²) in [5.41, 5.74) is 3.80. The van der Waals surface area contributed by atoms with Gasteiger partial charge in [0.2, 0.25) is 10.0 Å². The number of carboxylic acid groups (broad SMARTS) is 1. The minimum Gasteiger partial charge on any atom is -0.481 e. The van der Waals surface area contributed by atoms with Crippen LogP contribution >= 0.6 is 0 Å². The van der Waals surface area contributed by atoms with E-state index in [4.69, 9.17) is 0 Å². The molecular weight excluding hydrogens is 400 g/mol. The molecule has 3 rings (SSSR count). The molecule has 0 aliphatic carbocycles. The smallest absolute Gasteiger partial charge is 0.310 e. The Hall–Kier alpha value is -2.22. The summed E-state index contributed by atoms with van der Waals surface area (Å²) in [5, 5.41) is 13.1. The van der Waals surface area contributed by atoms with Crippen LogP contribution in [0.2, 0.25) is 0 Å². The summed E-state index contributed by atoms with van der Waals surface area (Å²) in [4.78, 5) is 11.8. The van der Waals surface area contributed by atoms with E-state index in [-0.39, 0.29) is 17.8 Å². The monoisotopic (exact) mass is 430 g/mol. The van der Waals surface area contributed by atoms with Crippen LogP contribution in [-0.2, 0) is 21.2 Å². The number of benzene rings is 2. The van der Waals surface area contributed by atoms with Gasteiger partial charge in [-0.3, -0.25) is 4.79 Å². The Morgan fingerprint density at radius 2 is 1.80 bits per heavy atom. The predicted octanol–water partition coefficient (Wildman–Crippen LogP) is 3.14. The molecule has 0 aromatic heterocycles. The van der Waals surface area contributed by atoms with Gasteiger partial charge in [0.15, 0.2) is 0 Å². The van der Waals surface area contributed by atoms with E-state index in [2.05, 4.69) is 10.0 Å². The Bertz CT molecular complexity index is 990. The van der Waals surface area contributed by atoms with Crippen molar-refractivity contribution in [2.45, 2.75) is 51.1 Å². The summed E-state index contributed by atoms with van der Waals surface area (Å²) in [6.07, 6.45) is 1.92. The molecule has 0 spiro atoms. The molecule has 0 saturated carbocycles. The van der Waals surface area contributed by atoms with Crippen molar-refractivity contribution in [3.63, 3.8) is 0 Å². The molecule has 0 radical (unpaired) electrons. The van der Waals surface area contributed by atoms with E-state index >= 15 is 0 Å². The minimum absolute atomic E-state index is 0.0129. The average molecular weight is 431 g/mol. The van der Waals surface area contributed by atoms with Crippen molar-refractivity contribution in [1.82, 2.24) is 10.0 Å². The first kappa shape index (κ1) is 22.5. The number of aliphatic carboxylic acids is 1. The van der Waals surface area contributed by atoms with Gasteiger partial charge in [-0.25, -0.2) is 13.1 Å². The Morgan fingerprint density at radius 3 is 2.47 bits per heavy atom. The van der Waals surface area contributed by atoms with E-state index in [1.54, 1.807) is 6.92 Å². The fraction of sp³-hybridized carbons (Fsp3) is 0.435. The van der Waals surface area contributed by atoms with Crippen molar-refractivity contribution >= 4 is 16.0 Å². The molecule has 1 aliphatic heterocycles. The number of carbonyl (C=O) groups is 1. The van der Waals surface area contributed by atoms with Crippen LogP contribution < -0.4 is 10.0 Å². The zero-order chi connectivity index (χ0) is 21.7. The van der Waals surface area contributed by atoms with Crippen molar-refractivity contribution < 1.29 is 18.3 Å². The lowest BCUT2D eigenvalue weighted by atomic mass is 9.86. The van der Waals surface area contributed by atoms with Gasteiger partial charge in [0.05, 0.1) is 11.7 Å². The number of hydrogen-bond donors (Lipinski definition) is 3. The molecule has 2 aromatic carbocycles. The molecular formula is C23H30N2O4S. The van der Waals surface area contributed by atoms with Gasteiger partial charge in [0.25, 0.3) is 0 Å². The average Bonchev–Trinajstić information content (AvgIpc) is 3.15. The molecule has 3 atom stereocenters. The van der Waals surface area contributed by atoms with E-state index in [0.29, 0.717) is 12.8 Å². The summed E-state index contributed by atoms with van der Waals surface area (Å²) in [6, 6.07) is 15.5. The quantitative estimate of drug-likeness (QED) is 0.568. The van der Waals surface area contributed by atoms with Crippen LogP contribution in [0.5, 0.6) is 0 Å². The zero-order valence-electron chi connectivity index (χ0n) is 17.5. The molecule has 0 amide bonds. The Balaban J connectivity index is 1.94. The van der Waals surface area contributed by atoms with E-state index in [0.717, 1.165) is 35.2 Å². The molecule has 6 nitrogen and oxygen atoms in total. The summed E-state index contributed by atoms with van der Waals surface area (Å²) in [7, 11) is -3.28. The summed E-state index contributed by atoms with van der Waals surface area (Å²) >= 11 is 0. The van der Waals surface area contributed by atoms with Gasteiger partial charge < -0.3 is 10.4 Å². The molecule has 7 heteroatoms. The molecule has 3 unspecified atom stereocenters. The van der Waals surface area contributed by atoms with Gasteiger partial charge in [0.1, 0.15) is 0 Å². The zero-order valence-corrected chi connectivity index (χ0v) is 18.3. The Kier molecular flexibility index (Phi) is 7.28. The molecule has 3 N–H and O–H groups in total. The van der Waals surface area contributed by atoms with Crippen molar-refractivity contribution in [2.24, 2.45) is 0 Å². The summed E-state index contributed by atoms with van der Waals surface area (Å²) in [5.74, 6) is -1.33. The summed E-state index contributed by atoms with van der Waals surface area (Å²) in [6.45, 7) is 4.28. The van der Waals surface area contributed by atoms with E-state index in [9.17, 15) is 18.3 Å². The van der Waals surface area contributed by atoms with Crippen molar-refractivity contribution in [3.8, 4) is 11.1 Å². The summed E-state index contributed by atoms with van der Waals surface area (Å²) < 4.78 is 26.9. The second kappa shape index (κ2) is 9.73. The number of hydrogen-bond acceptors (Lipinski definition) is 4. The van der Waals surface area contributed by atoms with E-state index in [1.165, 1.54) is 0 Å². The SMILES string of the molecule is CCC(C(=O)O)c1ccccc1-c1ccccc1CC1NCCC1NS(=O)(=O)CC. The first-order chi connectivity index (χ1) is 14.4. The van der Waals surface area contributed by atoms with Crippen LogP contribution in [-0.4, -0.2) is 43.9 Å². The minimum atomic E-state index is -3.28. The van der Waals surface area contributed by atoms with Crippen LogP contribution in [0.3, 0.4) is 0 Å². The molecule has 1 aliphatic rings. The van der Waals surface area contributed by atoms with E-state index in [1.807, 2.05) is 55.5 Å². The standard InChI is InChI=1S/C23H30N2O4S/c1-3-17(23(26)27)19-11-7-8-12-20(19)18-10-6-5-9-16(18)15-22-21(13-14-24-22)25-30(28,29)4-2/h5-12,17,21-22,24-25H,3-4,13-15H2,1-2H3,(H,26,27). The first-order valence-corrected chi connectivity index (χ1v) is 12.1. The third kappa shape index (κ3) is 5.09. The lowest BCUT2D eigenvalue weighted by molar-refractivity contribution is -0.138. The van der Waals surface area contributed by atoms with Crippen molar-refractivity contribution in [1.29, 1.82) is 0 Å². The molecule has 30 heavy (non-hydrogen) atoms. The third-order valence-corrected chi connectivity index (χ3v) is 7.27. The van der Waals surface area contributed by atoms with E-state index < -0.39 is 21.9 Å². The molecule has 2 aromatic rings. The lowest BCUT2D eigenvalue weighted by Crippen LogP contribution is -2.45. The largest absolute Gasteiger partial charge is 0.481 e. The topological polar surface area (TPSA) is 95.5 Å². The highest BCUT2D eigenvalue weighted by atomic mass is 32.2. The Morgan fingerprint density at radius 1 is 1.13 bits per heavy atom. The van der Waals surface area contributed by atoms with Gasteiger partial charge in [-0.05, 0) is 55.0 Å². The van der Waals surface area contributed by atoms with Crippen LogP contribution in [0.15, 0.2) is 48.5 Å². The maximum absolute atomic E-state index is 12.1. The third-order valence-electron chi connectivity index (χ3n) is 5.85. The number of carboxylic acids is 1. The van der Waals surface area contributed by atoms with Gasteiger partial charge in [-0.2, -0.15) is 0 Å².